The minimum Gasteiger partial charge on any atom is -0.323 e. The number of aromatic nitrogens is 2. The van der Waals surface area contributed by atoms with Gasteiger partial charge in [0.2, 0.25) is 0 Å². The van der Waals surface area contributed by atoms with Crippen molar-refractivity contribution in [2.75, 3.05) is 0 Å². The molecule has 1 heterocycles. The fourth-order valence-electron chi connectivity index (χ4n) is 2.13. The molecule has 1 atom stereocenters. The van der Waals surface area contributed by atoms with Crippen LogP contribution in [0.15, 0.2) is 26.2 Å². The van der Waals surface area contributed by atoms with Gasteiger partial charge < -0.3 is 19.8 Å². The molecule has 0 bridgehead atoms. The molecule has 0 fully saturated rings. The minimum absolute atomic E-state index is 0.127. The Morgan fingerprint density at radius 2 is 1.91 bits per heavy atom. The lowest BCUT2D eigenvalue weighted by Gasteiger charge is -2.18. The highest BCUT2D eigenvalue weighted by molar-refractivity contribution is 9.10. The first-order valence-electron chi connectivity index (χ1n) is 6.45. The van der Waals surface area contributed by atoms with Crippen molar-refractivity contribution in [3.05, 3.63) is 42.9 Å². The quantitative estimate of drug-likeness (QED) is 0.380. The van der Waals surface area contributed by atoms with E-state index >= 15 is 0 Å². The molecule has 0 spiro atoms. The zero-order valence-corrected chi connectivity index (χ0v) is 14.1. The highest BCUT2D eigenvalue weighted by Crippen LogP contribution is 2.41. The summed E-state index contributed by atoms with van der Waals surface area (Å²) in [6, 6.07) is 3.34. The number of aromatic amines is 2. The second-order valence-electron chi connectivity index (χ2n) is 4.79. The number of H-pyrrole nitrogens is 2. The first-order chi connectivity index (χ1) is 10.2. The Labute approximate surface area is 133 Å². The van der Waals surface area contributed by atoms with Crippen LogP contribution in [0.2, 0.25) is 0 Å². The Morgan fingerprint density at radius 3 is 2.50 bits per heavy atom. The Kier molecular flexibility index (Phi) is 5.03. The van der Waals surface area contributed by atoms with E-state index in [0.29, 0.717) is 21.1 Å². The van der Waals surface area contributed by atoms with Crippen molar-refractivity contribution in [2.45, 2.75) is 25.7 Å². The Balaban J connectivity index is 2.43. The summed E-state index contributed by atoms with van der Waals surface area (Å²) in [4.78, 5) is 46.3. The molecule has 0 aliphatic rings. The van der Waals surface area contributed by atoms with Gasteiger partial charge in [-0.2, -0.15) is 0 Å². The molecule has 0 amide bonds. The second-order valence-corrected chi connectivity index (χ2v) is 7.51. The first-order valence-corrected chi connectivity index (χ1v) is 8.93. The fraction of sp³-hybridized carbons (Fsp3) is 0.333. The van der Waals surface area contributed by atoms with E-state index < -0.39 is 24.5 Å². The Bertz CT molecular complexity index is 856. The third kappa shape index (κ3) is 3.74. The van der Waals surface area contributed by atoms with Crippen LogP contribution in [0.4, 0.5) is 0 Å². The predicted molar refractivity (Wildman–Crippen MR) is 85.9 cm³/mol. The van der Waals surface area contributed by atoms with E-state index in [0.717, 1.165) is 0 Å². The SMILES string of the molecule is CCC(NCc1cc(Br)cc2[nH]c(=O)c(=O)[nH]c12)P(=O)(O)O. The molecule has 120 valence electrons. The van der Waals surface area contributed by atoms with E-state index in [1.807, 2.05) is 0 Å². The van der Waals surface area contributed by atoms with Gasteiger partial charge in [-0.05, 0) is 24.1 Å². The Morgan fingerprint density at radius 1 is 1.27 bits per heavy atom. The lowest BCUT2D eigenvalue weighted by atomic mass is 10.1. The molecule has 1 aromatic heterocycles. The summed E-state index contributed by atoms with van der Waals surface area (Å²) < 4.78 is 12.0. The average molecular weight is 392 g/mol. The second kappa shape index (κ2) is 6.47. The molecular formula is C12H15BrN3O5P. The van der Waals surface area contributed by atoms with E-state index in [1.54, 1.807) is 19.1 Å². The number of benzene rings is 1. The van der Waals surface area contributed by atoms with E-state index in [1.165, 1.54) is 0 Å². The largest absolute Gasteiger partial charge is 0.342 e. The standard InChI is InChI=1S/C12H15BrN3O5P/c1-2-9(22(19,20)21)14-5-6-3-7(13)4-8-10(6)16-12(18)11(17)15-8/h3-4,9,14H,2,5H2,1H3,(H,15,17)(H,16,18)(H2,19,20,21). The zero-order chi connectivity index (χ0) is 16.5. The van der Waals surface area contributed by atoms with Crippen molar-refractivity contribution in [1.29, 1.82) is 0 Å². The molecule has 1 aromatic carbocycles. The molecule has 2 aromatic rings. The summed E-state index contributed by atoms with van der Waals surface area (Å²) in [5.74, 6) is -0.976. The van der Waals surface area contributed by atoms with Gasteiger partial charge in [-0.3, -0.25) is 19.5 Å². The fourth-order valence-corrected chi connectivity index (χ4v) is 3.44. The maximum absolute atomic E-state index is 11.5. The van der Waals surface area contributed by atoms with Crippen LogP contribution in [0, 0.1) is 0 Å². The molecule has 22 heavy (non-hydrogen) atoms. The van der Waals surface area contributed by atoms with Gasteiger partial charge in [-0.25, -0.2) is 0 Å². The molecule has 1 unspecified atom stereocenters. The molecule has 5 N–H and O–H groups in total. The van der Waals surface area contributed by atoms with Gasteiger partial charge in [0.25, 0.3) is 0 Å². The van der Waals surface area contributed by atoms with Gasteiger partial charge in [0.1, 0.15) is 5.78 Å². The molecule has 2 rings (SSSR count). The van der Waals surface area contributed by atoms with Crippen LogP contribution < -0.4 is 16.4 Å². The van der Waals surface area contributed by atoms with Crippen molar-refractivity contribution in [3.63, 3.8) is 0 Å². The molecule has 8 nitrogen and oxygen atoms in total. The summed E-state index contributed by atoms with van der Waals surface area (Å²) in [5, 5.41) is 2.78. The number of hydrogen-bond donors (Lipinski definition) is 5. The van der Waals surface area contributed by atoms with Crippen LogP contribution >= 0.6 is 23.5 Å². The normalized spacial score (nSPS) is 13.5. The monoisotopic (exact) mass is 391 g/mol. The topological polar surface area (TPSA) is 135 Å². The Hall–Kier alpha value is -1.25. The number of hydrogen-bond acceptors (Lipinski definition) is 4. The lowest BCUT2D eigenvalue weighted by molar-refractivity contribution is 0.343. The first kappa shape index (κ1) is 17.1. The van der Waals surface area contributed by atoms with Gasteiger partial charge in [0.15, 0.2) is 0 Å². The predicted octanol–water partition coefficient (Wildman–Crippen LogP) is 0.982. The van der Waals surface area contributed by atoms with Gasteiger partial charge in [-0.1, -0.05) is 22.9 Å². The molecule has 0 radical (unpaired) electrons. The molecule has 10 heteroatoms. The van der Waals surface area contributed by atoms with Crippen LogP contribution in [0.25, 0.3) is 11.0 Å². The zero-order valence-electron chi connectivity index (χ0n) is 11.6. The van der Waals surface area contributed by atoms with E-state index in [2.05, 4.69) is 31.2 Å². The van der Waals surface area contributed by atoms with E-state index in [9.17, 15) is 23.9 Å². The van der Waals surface area contributed by atoms with Crippen molar-refractivity contribution >= 4 is 34.6 Å². The summed E-state index contributed by atoms with van der Waals surface area (Å²) in [7, 11) is -4.26. The molecule has 0 saturated carbocycles. The maximum Gasteiger partial charge on any atom is 0.342 e. The number of fused-ring (bicyclic) bond motifs is 1. The minimum atomic E-state index is -4.26. The third-order valence-electron chi connectivity index (χ3n) is 3.20. The van der Waals surface area contributed by atoms with Crippen LogP contribution in [0.5, 0.6) is 0 Å². The highest BCUT2D eigenvalue weighted by atomic mass is 79.9. The average Bonchev–Trinajstić information content (AvgIpc) is 2.40. The lowest BCUT2D eigenvalue weighted by Crippen LogP contribution is -2.31. The summed E-state index contributed by atoms with van der Waals surface area (Å²) in [6.45, 7) is 1.79. The van der Waals surface area contributed by atoms with Crippen molar-refractivity contribution in [3.8, 4) is 0 Å². The van der Waals surface area contributed by atoms with Crippen molar-refractivity contribution in [2.24, 2.45) is 0 Å². The van der Waals surface area contributed by atoms with Crippen LogP contribution in [-0.2, 0) is 11.1 Å². The van der Waals surface area contributed by atoms with Crippen LogP contribution in [0.1, 0.15) is 18.9 Å². The van der Waals surface area contributed by atoms with Gasteiger partial charge >= 0.3 is 18.7 Å². The number of rotatable bonds is 5. The summed E-state index contributed by atoms with van der Waals surface area (Å²) in [6.07, 6.45) is 0.254. The van der Waals surface area contributed by atoms with Gasteiger partial charge in [-0.15, -0.1) is 0 Å². The smallest absolute Gasteiger partial charge is 0.323 e. The molecular weight excluding hydrogens is 377 g/mol. The van der Waals surface area contributed by atoms with Crippen molar-refractivity contribution < 1.29 is 14.4 Å². The summed E-state index contributed by atoms with van der Waals surface area (Å²) >= 11 is 3.29. The van der Waals surface area contributed by atoms with Crippen LogP contribution in [0.3, 0.4) is 0 Å². The van der Waals surface area contributed by atoms with E-state index in [-0.39, 0.29) is 13.0 Å². The van der Waals surface area contributed by atoms with Crippen molar-refractivity contribution in [1.82, 2.24) is 15.3 Å². The van der Waals surface area contributed by atoms with Crippen LogP contribution in [-0.4, -0.2) is 25.5 Å². The molecule has 0 aliphatic carbocycles. The molecule has 0 saturated heterocycles. The van der Waals surface area contributed by atoms with Gasteiger partial charge in [0, 0.05) is 11.0 Å². The van der Waals surface area contributed by atoms with E-state index in [4.69, 9.17) is 0 Å². The third-order valence-corrected chi connectivity index (χ3v) is 5.02. The maximum atomic E-state index is 11.5. The highest BCUT2D eigenvalue weighted by Gasteiger charge is 2.26. The number of halogens is 1. The number of nitrogens with one attached hydrogen (secondary N) is 3. The van der Waals surface area contributed by atoms with Gasteiger partial charge in [0.05, 0.1) is 11.0 Å². The molecule has 0 aliphatic heterocycles. The summed E-state index contributed by atoms with van der Waals surface area (Å²) in [5.41, 5.74) is -0.0882.